The first-order valence-corrected chi connectivity index (χ1v) is 10.0. The number of halogens is 2. The standard InChI is InChI=1S/C24H18ClFN2O4/c1-32-19-8-7-16(11-18(19)25)22(29)20-21(15-5-2-6-17(26)10-15)28(24(31)23(20)30)13-14-4-3-9-27-12-14/h2-12,21,29H,13H2,1H3/b22-20-. The van der Waals surface area contributed by atoms with Crippen LogP contribution in [0.3, 0.4) is 0 Å². The van der Waals surface area contributed by atoms with Crippen molar-refractivity contribution in [3.8, 4) is 5.75 Å². The van der Waals surface area contributed by atoms with E-state index in [9.17, 15) is 19.1 Å². The number of hydrogen-bond donors (Lipinski definition) is 1. The molecule has 1 fully saturated rings. The van der Waals surface area contributed by atoms with E-state index in [4.69, 9.17) is 16.3 Å². The Morgan fingerprint density at radius 3 is 2.66 bits per heavy atom. The van der Waals surface area contributed by atoms with Gasteiger partial charge in [-0.1, -0.05) is 29.8 Å². The highest BCUT2D eigenvalue weighted by molar-refractivity contribution is 6.46. The predicted molar refractivity (Wildman–Crippen MR) is 116 cm³/mol. The molecule has 1 aliphatic heterocycles. The van der Waals surface area contributed by atoms with Gasteiger partial charge in [-0.15, -0.1) is 0 Å². The molecule has 1 saturated heterocycles. The van der Waals surface area contributed by atoms with Crippen molar-refractivity contribution in [3.63, 3.8) is 0 Å². The van der Waals surface area contributed by atoms with E-state index in [0.717, 1.165) is 0 Å². The number of nitrogens with zero attached hydrogens (tertiary/aromatic N) is 2. The highest BCUT2D eigenvalue weighted by atomic mass is 35.5. The van der Waals surface area contributed by atoms with Crippen LogP contribution in [0.1, 0.15) is 22.7 Å². The number of hydrogen-bond acceptors (Lipinski definition) is 5. The largest absolute Gasteiger partial charge is 0.507 e. The Balaban J connectivity index is 1.87. The molecule has 162 valence electrons. The van der Waals surface area contributed by atoms with Crippen LogP contribution in [-0.2, 0) is 16.1 Å². The van der Waals surface area contributed by atoms with E-state index in [1.807, 2.05) is 0 Å². The topological polar surface area (TPSA) is 79.7 Å². The molecule has 8 heteroatoms. The third kappa shape index (κ3) is 3.94. The normalized spacial score (nSPS) is 17.6. The second kappa shape index (κ2) is 8.80. The zero-order valence-corrected chi connectivity index (χ0v) is 17.7. The van der Waals surface area contributed by atoms with Gasteiger partial charge in [-0.05, 0) is 47.5 Å². The summed E-state index contributed by atoms with van der Waals surface area (Å²) in [5.74, 6) is -2.21. The Hall–Kier alpha value is -3.71. The lowest BCUT2D eigenvalue weighted by atomic mass is 9.95. The van der Waals surface area contributed by atoms with Gasteiger partial charge in [-0.2, -0.15) is 0 Å². The number of carbonyl (C=O) groups excluding carboxylic acids is 2. The Bertz CT molecular complexity index is 1230. The fraction of sp³-hybridized carbons (Fsp3) is 0.125. The Kier molecular flexibility index (Phi) is 5.92. The maximum Gasteiger partial charge on any atom is 0.295 e. The lowest BCUT2D eigenvalue weighted by Gasteiger charge is -2.25. The first-order valence-electron chi connectivity index (χ1n) is 9.67. The van der Waals surface area contributed by atoms with E-state index in [1.165, 1.54) is 42.3 Å². The van der Waals surface area contributed by atoms with Gasteiger partial charge in [0.25, 0.3) is 11.7 Å². The predicted octanol–water partition coefficient (Wildman–Crippen LogP) is 4.50. The van der Waals surface area contributed by atoms with Crippen LogP contribution in [0.5, 0.6) is 5.75 Å². The summed E-state index contributed by atoms with van der Waals surface area (Å²) in [6.07, 6.45) is 3.17. The summed E-state index contributed by atoms with van der Waals surface area (Å²) < 4.78 is 19.2. The molecule has 2 aromatic carbocycles. The molecule has 0 saturated carbocycles. The van der Waals surface area contributed by atoms with Gasteiger partial charge in [-0.3, -0.25) is 14.6 Å². The third-order valence-electron chi connectivity index (χ3n) is 5.21. The van der Waals surface area contributed by atoms with Crippen molar-refractivity contribution in [3.05, 3.63) is 100 Å². The molecule has 6 nitrogen and oxygen atoms in total. The maximum absolute atomic E-state index is 14.0. The molecular weight excluding hydrogens is 435 g/mol. The second-order valence-corrected chi connectivity index (χ2v) is 7.60. The quantitative estimate of drug-likeness (QED) is 0.350. The van der Waals surface area contributed by atoms with Gasteiger partial charge in [-0.25, -0.2) is 4.39 Å². The first kappa shape index (κ1) is 21.5. The molecule has 1 aromatic heterocycles. The zero-order valence-electron chi connectivity index (χ0n) is 17.0. The van der Waals surface area contributed by atoms with E-state index < -0.39 is 29.3 Å². The SMILES string of the molecule is COc1ccc(/C(O)=C2/C(=O)C(=O)N(Cc3cccnc3)C2c2cccc(F)c2)cc1Cl. The minimum atomic E-state index is -0.994. The molecule has 1 aliphatic rings. The Morgan fingerprint density at radius 1 is 1.19 bits per heavy atom. The van der Waals surface area contributed by atoms with Gasteiger partial charge in [0, 0.05) is 24.5 Å². The number of rotatable bonds is 5. The number of ether oxygens (including phenoxy) is 1. The molecule has 1 atom stereocenters. The first-order chi connectivity index (χ1) is 15.4. The number of pyridine rings is 1. The second-order valence-electron chi connectivity index (χ2n) is 7.19. The summed E-state index contributed by atoms with van der Waals surface area (Å²) >= 11 is 6.18. The van der Waals surface area contributed by atoms with Crippen LogP contribution in [0.25, 0.3) is 5.76 Å². The average Bonchev–Trinajstić information content (AvgIpc) is 3.04. The minimum Gasteiger partial charge on any atom is -0.507 e. The molecule has 4 rings (SSSR count). The lowest BCUT2D eigenvalue weighted by molar-refractivity contribution is -0.140. The molecule has 2 heterocycles. The van der Waals surface area contributed by atoms with Crippen molar-refractivity contribution in [2.24, 2.45) is 0 Å². The Labute approximate surface area is 188 Å². The van der Waals surface area contributed by atoms with Crippen LogP contribution in [0.15, 0.2) is 72.6 Å². The van der Waals surface area contributed by atoms with Gasteiger partial charge >= 0.3 is 0 Å². The number of amides is 1. The van der Waals surface area contributed by atoms with Crippen molar-refractivity contribution in [1.29, 1.82) is 0 Å². The summed E-state index contributed by atoms with van der Waals surface area (Å²) in [7, 11) is 1.45. The van der Waals surface area contributed by atoms with Crippen LogP contribution in [0.4, 0.5) is 4.39 Å². The van der Waals surface area contributed by atoms with Gasteiger partial charge in [0.15, 0.2) is 0 Å². The van der Waals surface area contributed by atoms with Crippen molar-refractivity contribution in [2.45, 2.75) is 12.6 Å². The molecule has 0 aliphatic carbocycles. The highest BCUT2D eigenvalue weighted by Crippen LogP contribution is 2.41. The van der Waals surface area contributed by atoms with Crippen LogP contribution in [0.2, 0.25) is 5.02 Å². The maximum atomic E-state index is 14.0. The highest BCUT2D eigenvalue weighted by Gasteiger charge is 2.46. The molecule has 0 bridgehead atoms. The molecule has 1 amide bonds. The number of benzene rings is 2. The zero-order chi connectivity index (χ0) is 22.8. The van der Waals surface area contributed by atoms with Gasteiger partial charge in [0.05, 0.1) is 23.7 Å². The van der Waals surface area contributed by atoms with Gasteiger partial charge < -0.3 is 14.7 Å². The van der Waals surface area contributed by atoms with E-state index in [0.29, 0.717) is 16.9 Å². The monoisotopic (exact) mass is 452 g/mol. The number of likely N-dealkylation sites (tertiary alicyclic amines) is 1. The molecule has 32 heavy (non-hydrogen) atoms. The van der Waals surface area contributed by atoms with Gasteiger partial charge in [0.1, 0.15) is 17.3 Å². The van der Waals surface area contributed by atoms with E-state index in [2.05, 4.69) is 4.98 Å². The molecule has 1 unspecified atom stereocenters. The number of aromatic nitrogens is 1. The minimum absolute atomic E-state index is 0.0553. The third-order valence-corrected chi connectivity index (χ3v) is 5.50. The van der Waals surface area contributed by atoms with Crippen LogP contribution in [0, 0.1) is 5.82 Å². The molecular formula is C24H18ClFN2O4. The summed E-state index contributed by atoms with van der Waals surface area (Å²) in [5.41, 5.74) is 1.12. The molecule has 0 radical (unpaired) electrons. The summed E-state index contributed by atoms with van der Waals surface area (Å²) in [5, 5.41) is 11.3. The molecule has 0 spiro atoms. The number of methoxy groups -OCH3 is 1. The number of aliphatic hydroxyl groups is 1. The fourth-order valence-corrected chi connectivity index (χ4v) is 3.98. The lowest BCUT2D eigenvalue weighted by Crippen LogP contribution is -2.29. The van der Waals surface area contributed by atoms with Crippen molar-refractivity contribution in [1.82, 2.24) is 9.88 Å². The van der Waals surface area contributed by atoms with Crippen LogP contribution < -0.4 is 4.74 Å². The smallest absolute Gasteiger partial charge is 0.295 e. The van der Waals surface area contributed by atoms with E-state index in [-0.39, 0.29) is 22.7 Å². The summed E-state index contributed by atoms with van der Waals surface area (Å²) in [6, 6.07) is 12.6. The average molecular weight is 453 g/mol. The summed E-state index contributed by atoms with van der Waals surface area (Å²) in [6.45, 7) is 0.0553. The van der Waals surface area contributed by atoms with Gasteiger partial charge in [0.2, 0.25) is 0 Å². The Morgan fingerprint density at radius 2 is 2.00 bits per heavy atom. The van der Waals surface area contributed by atoms with Crippen LogP contribution in [-0.4, -0.2) is 33.8 Å². The molecule has 3 aromatic rings. The van der Waals surface area contributed by atoms with Crippen molar-refractivity contribution in [2.75, 3.05) is 7.11 Å². The number of ketones is 1. The number of carbonyl (C=O) groups is 2. The van der Waals surface area contributed by atoms with E-state index >= 15 is 0 Å². The van der Waals surface area contributed by atoms with Crippen molar-refractivity contribution < 1.29 is 23.8 Å². The van der Waals surface area contributed by atoms with E-state index in [1.54, 1.807) is 36.7 Å². The number of aliphatic hydroxyl groups excluding tert-OH is 1. The summed E-state index contributed by atoms with van der Waals surface area (Å²) in [4.78, 5) is 31.3. The van der Waals surface area contributed by atoms with Crippen molar-refractivity contribution >= 4 is 29.1 Å². The molecule has 1 N–H and O–H groups in total. The number of Topliss-reactive ketones (excluding diaryl/α,β-unsaturated/α-hetero) is 1. The van der Waals surface area contributed by atoms with Crippen LogP contribution >= 0.6 is 11.6 Å². The fourth-order valence-electron chi connectivity index (χ4n) is 3.72.